The van der Waals surface area contributed by atoms with Crippen molar-refractivity contribution in [3.8, 4) is 0 Å². The van der Waals surface area contributed by atoms with Crippen LogP contribution in [0.25, 0.3) is 0 Å². The van der Waals surface area contributed by atoms with E-state index in [1.165, 1.54) is 24.0 Å². The number of nitro groups is 1. The molecule has 0 saturated carbocycles. The van der Waals surface area contributed by atoms with Crippen molar-refractivity contribution < 1.29 is 14.5 Å². The Morgan fingerprint density at radius 1 is 1.08 bits per heavy atom. The molecule has 2 aromatic carbocycles. The van der Waals surface area contributed by atoms with Gasteiger partial charge in [-0.25, -0.2) is 0 Å². The fraction of sp³-hybridized carbons (Fsp3) is 0.222. The molecule has 1 amide bonds. The summed E-state index contributed by atoms with van der Waals surface area (Å²) in [7, 11) is 3.36. The molecule has 2 rings (SSSR count). The Bertz CT molecular complexity index is 814. The van der Waals surface area contributed by atoms with Gasteiger partial charge in [-0.15, -0.1) is 0 Å². The molecule has 0 aromatic heterocycles. The minimum absolute atomic E-state index is 0.0880. The number of hydrogen-bond donors (Lipinski definition) is 1. The van der Waals surface area contributed by atoms with Crippen LogP contribution in [0.5, 0.6) is 0 Å². The van der Waals surface area contributed by atoms with Crippen molar-refractivity contribution in [1.29, 1.82) is 0 Å². The van der Waals surface area contributed by atoms with E-state index < -0.39 is 4.92 Å². The third kappa shape index (κ3) is 4.41. The van der Waals surface area contributed by atoms with Crippen LogP contribution in [-0.2, 0) is 6.54 Å². The van der Waals surface area contributed by atoms with Crippen molar-refractivity contribution in [2.24, 2.45) is 0 Å². The van der Waals surface area contributed by atoms with Crippen LogP contribution in [0.3, 0.4) is 0 Å². The van der Waals surface area contributed by atoms with E-state index in [1.54, 1.807) is 44.4 Å². The van der Waals surface area contributed by atoms with E-state index in [4.69, 9.17) is 0 Å². The first-order valence-electron chi connectivity index (χ1n) is 7.63. The third-order valence-corrected chi connectivity index (χ3v) is 3.69. The summed E-state index contributed by atoms with van der Waals surface area (Å²) >= 11 is 0. The van der Waals surface area contributed by atoms with Gasteiger partial charge in [-0.3, -0.25) is 19.7 Å². The zero-order valence-corrected chi connectivity index (χ0v) is 14.3. The van der Waals surface area contributed by atoms with Crippen molar-refractivity contribution in [3.63, 3.8) is 0 Å². The Labute approximate surface area is 145 Å². The van der Waals surface area contributed by atoms with Gasteiger partial charge in [0.1, 0.15) is 5.69 Å². The van der Waals surface area contributed by atoms with Crippen molar-refractivity contribution in [2.75, 3.05) is 19.4 Å². The van der Waals surface area contributed by atoms with Gasteiger partial charge in [0.2, 0.25) is 0 Å². The van der Waals surface area contributed by atoms with E-state index in [-0.39, 0.29) is 17.4 Å². The second-order valence-corrected chi connectivity index (χ2v) is 5.80. The molecule has 25 heavy (non-hydrogen) atoms. The first-order valence-corrected chi connectivity index (χ1v) is 7.63. The summed E-state index contributed by atoms with van der Waals surface area (Å²) in [4.78, 5) is 35.4. The summed E-state index contributed by atoms with van der Waals surface area (Å²) < 4.78 is 0. The molecule has 0 bridgehead atoms. The predicted octanol–water partition coefficient (Wildman–Crippen LogP) is 3.11. The summed E-state index contributed by atoms with van der Waals surface area (Å²) in [5.41, 5.74) is 1.94. The molecule has 0 atom stereocenters. The number of nitrogens with zero attached hydrogens (tertiary/aromatic N) is 2. The van der Waals surface area contributed by atoms with E-state index in [1.807, 2.05) is 0 Å². The predicted molar refractivity (Wildman–Crippen MR) is 94.9 cm³/mol. The van der Waals surface area contributed by atoms with E-state index >= 15 is 0 Å². The number of rotatable bonds is 6. The molecule has 0 unspecified atom stereocenters. The number of carbonyl (C=O) groups excluding carboxylic acids is 2. The van der Waals surface area contributed by atoms with Crippen LogP contribution in [0.2, 0.25) is 0 Å². The number of ketones is 1. The molecule has 0 aliphatic rings. The fourth-order valence-corrected chi connectivity index (χ4v) is 2.27. The van der Waals surface area contributed by atoms with Crippen LogP contribution in [0.4, 0.5) is 11.4 Å². The molecule has 0 heterocycles. The molecule has 1 N–H and O–H groups in total. The van der Waals surface area contributed by atoms with E-state index in [9.17, 15) is 19.7 Å². The number of carbonyl (C=O) groups is 2. The fourth-order valence-electron chi connectivity index (χ4n) is 2.27. The van der Waals surface area contributed by atoms with E-state index in [0.717, 1.165) is 5.56 Å². The third-order valence-electron chi connectivity index (χ3n) is 3.69. The second kappa shape index (κ2) is 7.57. The summed E-state index contributed by atoms with van der Waals surface area (Å²) in [6.07, 6.45) is 0. The molecule has 7 nitrogen and oxygen atoms in total. The Hall–Kier alpha value is -3.22. The van der Waals surface area contributed by atoms with Gasteiger partial charge in [0, 0.05) is 37.8 Å². The average molecular weight is 341 g/mol. The lowest BCUT2D eigenvalue weighted by Crippen LogP contribution is -2.21. The van der Waals surface area contributed by atoms with Gasteiger partial charge in [-0.1, -0.05) is 12.1 Å². The average Bonchev–Trinajstić information content (AvgIpc) is 2.59. The van der Waals surface area contributed by atoms with Gasteiger partial charge in [-0.2, -0.15) is 0 Å². The molecule has 130 valence electrons. The SMILES string of the molecule is CC(=O)c1ccc(NCc2ccc(C(=O)N(C)C)cc2)c([N+](=O)[O-])c1. The van der Waals surface area contributed by atoms with Gasteiger partial charge < -0.3 is 10.2 Å². The van der Waals surface area contributed by atoms with Gasteiger partial charge in [-0.05, 0) is 36.8 Å². The molecular weight excluding hydrogens is 322 g/mol. The second-order valence-electron chi connectivity index (χ2n) is 5.80. The first kappa shape index (κ1) is 18.1. The zero-order chi connectivity index (χ0) is 18.6. The van der Waals surface area contributed by atoms with Crippen LogP contribution in [-0.4, -0.2) is 35.6 Å². The number of hydrogen-bond acceptors (Lipinski definition) is 5. The molecule has 0 saturated heterocycles. The molecule has 0 spiro atoms. The van der Waals surface area contributed by atoms with Gasteiger partial charge in [0.15, 0.2) is 5.78 Å². The van der Waals surface area contributed by atoms with Gasteiger partial charge >= 0.3 is 0 Å². The highest BCUT2D eigenvalue weighted by Crippen LogP contribution is 2.26. The number of Topliss-reactive ketones (excluding diaryl/α,β-unsaturated/α-hetero) is 1. The number of nitrogens with one attached hydrogen (secondary N) is 1. The molecule has 0 fully saturated rings. The highest BCUT2D eigenvalue weighted by atomic mass is 16.6. The quantitative estimate of drug-likeness (QED) is 0.495. The van der Waals surface area contributed by atoms with Crippen LogP contribution >= 0.6 is 0 Å². The van der Waals surface area contributed by atoms with Gasteiger partial charge in [0.25, 0.3) is 11.6 Å². The van der Waals surface area contributed by atoms with E-state index in [2.05, 4.69) is 5.32 Å². The maximum atomic E-state index is 11.8. The Balaban J connectivity index is 2.14. The highest BCUT2D eigenvalue weighted by molar-refractivity contribution is 5.95. The highest BCUT2D eigenvalue weighted by Gasteiger charge is 2.16. The normalized spacial score (nSPS) is 10.2. The number of anilines is 1. The molecular formula is C18H19N3O4. The van der Waals surface area contributed by atoms with Gasteiger partial charge in [0.05, 0.1) is 4.92 Å². The Morgan fingerprint density at radius 2 is 1.68 bits per heavy atom. The number of benzene rings is 2. The molecule has 0 aliphatic heterocycles. The van der Waals surface area contributed by atoms with Crippen LogP contribution < -0.4 is 5.32 Å². The van der Waals surface area contributed by atoms with E-state index in [0.29, 0.717) is 23.4 Å². The lowest BCUT2D eigenvalue weighted by atomic mass is 10.1. The lowest BCUT2D eigenvalue weighted by Gasteiger charge is -2.11. The maximum Gasteiger partial charge on any atom is 0.293 e. The summed E-state index contributed by atoms with van der Waals surface area (Å²) in [5.74, 6) is -0.314. The minimum Gasteiger partial charge on any atom is -0.375 e. The molecule has 7 heteroatoms. The monoisotopic (exact) mass is 341 g/mol. The van der Waals surface area contributed by atoms with Crippen molar-refractivity contribution >= 4 is 23.1 Å². The van der Waals surface area contributed by atoms with Crippen LogP contribution in [0.15, 0.2) is 42.5 Å². The summed E-state index contributed by atoms with van der Waals surface area (Å²) in [5, 5.41) is 14.2. The lowest BCUT2D eigenvalue weighted by molar-refractivity contribution is -0.384. The standard InChI is InChI=1S/C18H19N3O4/c1-12(22)15-8-9-16(17(10-15)21(24)25)19-11-13-4-6-14(7-5-13)18(23)20(2)3/h4-10,19H,11H2,1-3H3. The Morgan fingerprint density at radius 3 is 2.20 bits per heavy atom. The molecule has 2 aromatic rings. The summed E-state index contributed by atoms with van der Waals surface area (Å²) in [6, 6.07) is 11.4. The summed E-state index contributed by atoms with van der Waals surface area (Å²) in [6.45, 7) is 1.72. The Kier molecular flexibility index (Phi) is 5.49. The van der Waals surface area contributed by atoms with Crippen molar-refractivity contribution in [1.82, 2.24) is 4.90 Å². The largest absolute Gasteiger partial charge is 0.375 e. The van der Waals surface area contributed by atoms with Crippen molar-refractivity contribution in [2.45, 2.75) is 13.5 Å². The number of amides is 1. The zero-order valence-electron chi connectivity index (χ0n) is 14.3. The van der Waals surface area contributed by atoms with Crippen LogP contribution in [0.1, 0.15) is 33.2 Å². The maximum absolute atomic E-state index is 11.8. The first-order chi connectivity index (χ1) is 11.8. The minimum atomic E-state index is -0.520. The number of nitro benzene ring substituents is 1. The molecule has 0 radical (unpaired) electrons. The molecule has 0 aliphatic carbocycles. The topological polar surface area (TPSA) is 92.6 Å². The smallest absolute Gasteiger partial charge is 0.293 e. The van der Waals surface area contributed by atoms with Crippen LogP contribution in [0, 0.1) is 10.1 Å². The van der Waals surface area contributed by atoms with Crippen molar-refractivity contribution in [3.05, 3.63) is 69.3 Å².